The average Bonchev–Trinajstić information content (AvgIpc) is 3.19. The van der Waals surface area contributed by atoms with Gasteiger partial charge in [0.1, 0.15) is 22.9 Å². The van der Waals surface area contributed by atoms with Crippen LogP contribution in [0.3, 0.4) is 0 Å². The summed E-state index contributed by atoms with van der Waals surface area (Å²) in [6.07, 6.45) is -1.70. The number of carbonyl (C=O) groups excluding carboxylic acids is 1. The first kappa shape index (κ1) is 25.6. The van der Waals surface area contributed by atoms with Crippen LogP contribution in [0.1, 0.15) is 48.7 Å². The number of rotatable bonds is 4. The molecule has 10 heteroatoms. The Bertz CT molecular complexity index is 996. The summed E-state index contributed by atoms with van der Waals surface area (Å²) in [5.41, 5.74) is 1.00. The Morgan fingerprint density at radius 2 is 1.82 bits per heavy atom. The van der Waals surface area contributed by atoms with Crippen LogP contribution in [0.2, 0.25) is 0 Å². The van der Waals surface area contributed by atoms with Gasteiger partial charge in [-0.25, -0.2) is 4.79 Å². The molecule has 1 amide bonds. The first-order valence-corrected chi connectivity index (χ1v) is 11.1. The number of halogens is 3. The summed E-state index contributed by atoms with van der Waals surface area (Å²) in [6, 6.07) is 12.3. The van der Waals surface area contributed by atoms with Crippen molar-refractivity contribution in [3.05, 3.63) is 53.5 Å². The summed E-state index contributed by atoms with van der Waals surface area (Å²) in [5.74, 6) is 0.491. The van der Waals surface area contributed by atoms with Crippen LogP contribution in [0.15, 0.2) is 40.8 Å². The molecule has 2 aliphatic rings. The van der Waals surface area contributed by atoms with E-state index in [4.69, 9.17) is 19.1 Å². The molecule has 1 unspecified atom stereocenters. The number of carboxylic acids is 1. The van der Waals surface area contributed by atoms with Crippen LogP contribution in [0.25, 0.3) is 0 Å². The molecule has 0 saturated carbocycles. The number of benzene rings is 1. The summed E-state index contributed by atoms with van der Waals surface area (Å²) in [5, 5.41) is 9.90. The second-order valence-electron chi connectivity index (χ2n) is 8.69. The third-order valence-corrected chi connectivity index (χ3v) is 6.20. The molecule has 186 valence electrons. The van der Waals surface area contributed by atoms with Crippen molar-refractivity contribution in [2.75, 3.05) is 20.1 Å². The number of aryl methyl sites for hydroxylation is 1. The normalized spacial score (nSPS) is 19.4. The molecule has 0 bridgehead atoms. The van der Waals surface area contributed by atoms with Gasteiger partial charge in [-0.2, -0.15) is 13.2 Å². The molecular formula is C24H29F3N2O5. The second-order valence-corrected chi connectivity index (χ2v) is 8.69. The highest BCUT2D eigenvalue weighted by molar-refractivity contribution is 5.76. The lowest BCUT2D eigenvalue weighted by molar-refractivity contribution is -0.192. The zero-order valence-corrected chi connectivity index (χ0v) is 19.2. The highest BCUT2D eigenvalue weighted by Crippen LogP contribution is 2.46. The van der Waals surface area contributed by atoms with Crippen molar-refractivity contribution >= 4 is 11.9 Å². The van der Waals surface area contributed by atoms with E-state index < -0.39 is 12.1 Å². The van der Waals surface area contributed by atoms with Gasteiger partial charge >= 0.3 is 12.1 Å². The number of alkyl halides is 3. The molecule has 0 radical (unpaired) electrons. The number of amides is 1. The van der Waals surface area contributed by atoms with Crippen LogP contribution in [0.5, 0.6) is 5.75 Å². The fourth-order valence-corrected chi connectivity index (χ4v) is 4.47. The maximum Gasteiger partial charge on any atom is 0.490 e. The predicted octanol–water partition coefficient (Wildman–Crippen LogP) is 4.26. The molecule has 7 nitrogen and oxygen atoms in total. The van der Waals surface area contributed by atoms with Crippen molar-refractivity contribution < 1.29 is 37.0 Å². The van der Waals surface area contributed by atoms with Crippen LogP contribution in [-0.2, 0) is 16.1 Å². The standard InChI is InChI=1S/C22H28N2O3.C2HF3O2/c1-16-7-8-18(26-16)15-24-11-9-22(10-12-24)14-17(13-21(25)23-2)19-5-3-4-6-20(19)27-22;3-2(4,5)1(6)7/h3-8,17H,9-15H2,1-2H3,(H,23,25);(H,6,7). The van der Waals surface area contributed by atoms with Gasteiger partial charge < -0.3 is 19.6 Å². The number of carbonyl (C=O) groups is 2. The van der Waals surface area contributed by atoms with Gasteiger partial charge in [0, 0.05) is 32.5 Å². The molecule has 1 aromatic heterocycles. The number of nitrogens with zero attached hydrogens (tertiary/aromatic N) is 1. The lowest BCUT2D eigenvalue weighted by Gasteiger charge is -2.46. The van der Waals surface area contributed by atoms with E-state index in [0.29, 0.717) is 6.42 Å². The molecule has 1 aromatic carbocycles. The number of fused-ring (bicyclic) bond motifs is 1. The van der Waals surface area contributed by atoms with Gasteiger partial charge in [0.2, 0.25) is 5.91 Å². The van der Waals surface area contributed by atoms with E-state index >= 15 is 0 Å². The minimum absolute atomic E-state index is 0.0949. The molecule has 1 atom stereocenters. The Hall–Kier alpha value is -3.01. The lowest BCUT2D eigenvalue weighted by atomic mass is 9.76. The highest BCUT2D eigenvalue weighted by Gasteiger charge is 2.43. The van der Waals surface area contributed by atoms with Gasteiger partial charge in [-0.05, 0) is 49.9 Å². The van der Waals surface area contributed by atoms with E-state index in [0.717, 1.165) is 56.2 Å². The fourth-order valence-electron chi connectivity index (χ4n) is 4.47. The van der Waals surface area contributed by atoms with E-state index in [9.17, 15) is 18.0 Å². The summed E-state index contributed by atoms with van der Waals surface area (Å²) in [7, 11) is 1.71. The van der Waals surface area contributed by atoms with E-state index in [1.54, 1.807) is 7.05 Å². The Balaban J connectivity index is 0.000000406. The summed E-state index contributed by atoms with van der Waals surface area (Å²) in [4.78, 5) is 23.4. The number of ether oxygens (including phenoxy) is 1. The number of para-hydroxylation sites is 1. The Morgan fingerprint density at radius 1 is 1.18 bits per heavy atom. The van der Waals surface area contributed by atoms with Crippen molar-refractivity contribution in [3.8, 4) is 5.75 Å². The Morgan fingerprint density at radius 3 is 2.38 bits per heavy atom. The molecule has 4 rings (SSSR count). The van der Waals surface area contributed by atoms with Gasteiger partial charge in [0.05, 0.1) is 6.54 Å². The summed E-state index contributed by atoms with van der Waals surface area (Å²) in [6.45, 7) is 4.79. The fraction of sp³-hybridized carbons (Fsp3) is 0.500. The third-order valence-electron chi connectivity index (χ3n) is 6.20. The number of likely N-dealkylation sites (tertiary alicyclic amines) is 1. The Labute approximate surface area is 195 Å². The number of hydrogen-bond donors (Lipinski definition) is 2. The zero-order chi connectivity index (χ0) is 24.9. The second kappa shape index (κ2) is 10.5. The zero-order valence-electron chi connectivity index (χ0n) is 19.2. The molecule has 1 spiro atoms. The molecule has 1 fully saturated rings. The first-order valence-electron chi connectivity index (χ1n) is 11.1. The SMILES string of the molecule is CNC(=O)CC1CC2(CCN(Cc3ccc(C)o3)CC2)Oc2ccccc21.O=C(O)C(F)(F)F. The van der Waals surface area contributed by atoms with E-state index in [2.05, 4.69) is 22.3 Å². The number of hydrogen-bond acceptors (Lipinski definition) is 5. The van der Waals surface area contributed by atoms with E-state index in [1.165, 1.54) is 5.56 Å². The van der Waals surface area contributed by atoms with Crippen LogP contribution in [-0.4, -0.2) is 53.8 Å². The average molecular weight is 482 g/mol. The molecule has 2 aliphatic heterocycles. The molecule has 0 aliphatic carbocycles. The summed E-state index contributed by atoms with van der Waals surface area (Å²) < 4.78 is 44.0. The van der Waals surface area contributed by atoms with Crippen LogP contribution >= 0.6 is 0 Å². The van der Waals surface area contributed by atoms with Crippen LogP contribution in [0, 0.1) is 6.92 Å². The number of carboxylic acid groups (broad SMARTS) is 1. The topological polar surface area (TPSA) is 92.0 Å². The van der Waals surface area contributed by atoms with Gasteiger partial charge in [0.25, 0.3) is 0 Å². The maximum absolute atomic E-state index is 12.0. The van der Waals surface area contributed by atoms with Gasteiger partial charge in [-0.3, -0.25) is 9.69 Å². The highest BCUT2D eigenvalue weighted by atomic mass is 19.4. The largest absolute Gasteiger partial charge is 0.490 e. The molecular weight excluding hydrogens is 453 g/mol. The van der Waals surface area contributed by atoms with Crippen molar-refractivity contribution in [1.29, 1.82) is 0 Å². The molecule has 3 heterocycles. The van der Waals surface area contributed by atoms with Crippen LogP contribution in [0.4, 0.5) is 13.2 Å². The van der Waals surface area contributed by atoms with Crippen LogP contribution < -0.4 is 10.1 Å². The molecule has 2 N–H and O–H groups in total. The van der Waals surface area contributed by atoms with E-state index in [1.807, 2.05) is 31.2 Å². The molecule has 2 aromatic rings. The molecule has 34 heavy (non-hydrogen) atoms. The van der Waals surface area contributed by atoms with Gasteiger partial charge in [0.15, 0.2) is 0 Å². The van der Waals surface area contributed by atoms with Crippen molar-refractivity contribution in [1.82, 2.24) is 10.2 Å². The van der Waals surface area contributed by atoms with Crippen molar-refractivity contribution in [2.45, 2.75) is 56.8 Å². The van der Waals surface area contributed by atoms with Gasteiger partial charge in [-0.1, -0.05) is 18.2 Å². The first-order chi connectivity index (χ1) is 16.0. The number of piperidine rings is 1. The Kier molecular flexibility index (Phi) is 7.91. The van der Waals surface area contributed by atoms with E-state index in [-0.39, 0.29) is 17.4 Å². The van der Waals surface area contributed by atoms with Gasteiger partial charge in [-0.15, -0.1) is 0 Å². The molecule has 1 saturated heterocycles. The lowest BCUT2D eigenvalue weighted by Crippen LogP contribution is -2.50. The maximum atomic E-state index is 12.0. The quantitative estimate of drug-likeness (QED) is 0.677. The smallest absolute Gasteiger partial charge is 0.487 e. The van der Waals surface area contributed by atoms with Crippen molar-refractivity contribution in [3.63, 3.8) is 0 Å². The number of furan rings is 1. The number of aliphatic carboxylic acids is 1. The predicted molar refractivity (Wildman–Crippen MR) is 117 cm³/mol. The minimum Gasteiger partial charge on any atom is -0.487 e. The minimum atomic E-state index is -5.08. The van der Waals surface area contributed by atoms with Crippen molar-refractivity contribution in [2.24, 2.45) is 0 Å². The monoisotopic (exact) mass is 482 g/mol. The summed E-state index contributed by atoms with van der Waals surface area (Å²) >= 11 is 0. The number of nitrogens with one attached hydrogen (secondary N) is 1. The third kappa shape index (κ3) is 6.53.